The Morgan fingerprint density at radius 3 is 2.43 bits per heavy atom. The fraction of sp³-hybridized carbons (Fsp3) is 0.333. The van der Waals surface area contributed by atoms with Gasteiger partial charge >= 0.3 is 0 Å². The van der Waals surface area contributed by atoms with E-state index in [2.05, 4.69) is 0 Å². The number of nitrogens with two attached hydrogens (primary N) is 1. The Labute approximate surface area is 99.4 Å². The van der Waals surface area contributed by atoms with Gasteiger partial charge in [0.25, 0.3) is 5.70 Å². The van der Waals surface area contributed by atoms with Crippen molar-refractivity contribution >= 4 is 46.4 Å². The first-order chi connectivity index (χ1) is 6.27. The van der Waals surface area contributed by atoms with Gasteiger partial charge in [-0.2, -0.15) is 0 Å². The van der Waals surface area contributed by atoms with Gasteiger partial charge in [0.15, 0.2) is 4.33 Å². The molecule has 1 rings (SSSR count). The molecule has 14 heavy (non-hydrogen) atoms. The van der Waals surface area contributed by atoms with E-state index in [0.717, 1.165) is 6.08 Å². The number of nitrogens with zero attached hydrogens (tertiary/aromatic N) is 1. The molecule has 0 aromatic carbocycles. The molecule has 0 radical (unpaired) electrons. The summed E-state index contributed by atoms with van der Waals surface area (Å²) in [6.45, 7) is 0. The lowest BCUT2D eigenvalue weighted by molar-refractivity contribution is -0.420. The molecule has 0 aromatic heterocycles. The number of halogens is 4. The molecule has 0 bridgehead atoms. The zero-order chi connectivity index (χ0) is 11.1. The van der Waals surface area contributed by atoms with Crippen molar-refractivity contribution in [1.82, 2.24) is 0 Å². The summed E-state index contributed by atoms with van der Waals surface area (Å²) >= 11 is 22.6. The predicted octanol–water partition coefficient (Wildman–Crippen LogP) is 2.35. The summed E-state index contributed by atoms with van der Waals surface area (Å²) < 4.78 is -1.61. The third kappa shape index (κ3) is 1.99. The van der Waals surface area contributed by atoms with Crippen molar-refractivity contribution in [3.63, 3.8) is 0 Å². The van der Waals surface area contributed by atoms with Crippen molar-refractivity contribution in [2.24, 2.45) is 5.73 Å². The van der Waals surface area contributed by atoms with Crippen LogP contribution in [0.15, 0.2) is 21.8 Å². The van der Waals surface area contributed by atoms with Crippen LogP contribution in [0.1, 0.15) is 0 Å². The van der Waals surface area contributed by atoms with Crippen LogP contribution in [0.5, 0.6) is 0 Å². The van der Waals surface area contributed by atoms with Crippen molar-refractivity contribution < 1.29 is 4.92 Å². The number of allylic oxidation sites excluding steroid dienone is 1. The first-order valence-corrected chi connectivity index (χ1v) is 4.84. The van der Waals surface area contributed by atoms with Gasteiger partial charge in [0.05, 0.1) is 16.0 Å². The number of rotatable bonds is 1. The fourth-order valence-corrected chi connectivity index (χ4v) is 1.94. The number of alkyl halides is 2. The molecule has 1 aliphatic carbocycles. The quantitative estimate of drug-likeness (QED) is 0.454. The second-order valence-electron chi connectivity index (χ2n) is 2.60. The molecule has 0 spiro atoms. The van der Waals surface area contributed by atoms with Gasteiger partial charge in [-0.1, -0.05) is 46.4 Å². The van der Waals surface area contributed by atoms with E-state index >= 15 is 0 Å². The average molecular weight is 278 g/mol. The van der Waals surface area contributed by atoms with Gasteiger partial charge in [0.2, 0.25) is 0 Å². The average Bonchev–Trinajstić information content (AvgIpc) is 2.08. The molecule has 1 atom stereocenters. The maximum atomic E-state index is 10.5. The van der Waals surface area contributed by atoms with Gasteiger partial charge in [0, 0.05) is 6.08 Å². The van der Waals surface area contributed by atoms with E-state index in [9.17, 15) is 10.1 Å². The van der Waals surface area contributed by atoms with Gasteiger partial charge in [-0.3, -0.25) is 10.1 Å². The van der Waals surface area contributed by atoms with Crippen molar-refractivity contribution in [3.05, 3.63) is 32.0 Å². The summed E-state index contributed by atoms with van der Waals surface area (Å²) in [5.41, 5.74) is 5.06. The first-order valence-electron chi connectivity index (χ1n) is 3.33. The van der Waals surface area contributed by atoms with E-state index in [1.54, 1.807) is 0 Å². The topological polar surface area (TPSA) is 69.2 Å². The molecule has 0 heterocycles. The molecular weight excluding hydrogens is 274 g/mol. The lowest BCUT2D eigenvalue weighted by Gasteiger charge is -2.26. The monoisotopic (exact) mass is 276 g/mol. The highest BCUT2D eigenvalue weighted by Crippen LogP contribution is 2.41. The van der Waals surface area contributed by atoms with Crippen LogP contribution in [0.25, 0.3) is 0 Å². The predicted molar refractivity (Wildman–Crippen MR) is 56.2 cm³/mol. The minimum atomic E-state index is -1.61. The molecule has 0 aliphatic heterocycles. The van der Waals surface area contributed by atoms with Gasteiger partial charge in [-0.15, -0.1) is 0 Å². The maximum Gasteiger partial charge on any atom is 0.288 e. The van der Waals surface area contributed by atoms with Crippen LogP contribution in [0.3, 0.4) is 0 Å². The Morgan fingerprint density at radius 2 is 2.00 bits per heavy atom. The molecule has 0 aromatic rings. The van der Waals surface area contributed by atoms with Crippen LogP contribution in [0.4, 0.5) is 0 Å². The molecule has 1 aliphatic rings. The van der Waals surface area contributed by atoms with Crippen molar-refractivity contribution in [3.8, 4) is 0 Å². The van der Waals surface area contributed by atoms with Crippen LogP contribution in [-0.4, -0.2) is 15.3 Å². The van der Waals surface area contributed by atoms with Gasteiger partial charge in [-0.05, 0) is 0 Å². The van der Waals surface area contributed by atoms with E-state index in [4.69, 9.17) is 52.1 Å². The first kappa shape index (κ1) is 12.1. The van der Waals surface area contributed by atoms with Gasteiger partial charge < -0.3 is 5.73 Å². The Bertz CT molecular complexity index is 350. The molecule has 8 heteroatoms. The second kappa shape index (κ2) is 3.87. The molecule has 0 saturated heterocycles. The molecule has 4 nitrogen and oxygen atoms in total. The van der Waals surface area contributed by atoms with Gasteiger partial charge in [0.1, 0.15) is 5.03 Å². The standard InChI is InChI=1S/C6H4Cl4N2O2/c7-3-2(12(13)14)1-6(9,10)5(11)4(3)8/h1,5H,11H2. The fourth-order valence-electron chi connectivity index (χ4n) is 0.896. The maximum absolute atomic E-state index is 10.5. The number of nitro groups is 1. The molecule has 0 amide bonds. The minimum Gasteiger partial charge on any atom is -0.320 e. The van der Waals surface area contributed by atoms with Crippen molar-refractivity contribution in [1.29, 1.82) is 0 Å². The third-order valence-electron chi connectivity index (χ3n) is 1.65. The van der Waals surface area contributed by atoms with Crippen LogP contribution >= 0.6 is 46.4 Å². The van der Waals surface area contributed by atoms with E-state index in [0.29, 0.717) is 0 Å². The normalized spacial score (nSPS) is 26.1. The minimum absolute atomic E-state index is 0.120. The summed E-state index contributed by atoms with van der Waals surface area (Å²) in [6.07, 6.45) is 0.967. The highest BCUT2D eigenvalue weighted by molar-refractivity contribution is 6.52. The number of hydrogen-bond acceptors (Lipinski definition) is 3. The van der Waals surface area contributed by atoms with E-state index in [1.165, 1.54) is 0 Å². The third-order valence-corrected chi connectivity index (χ3v) is 3.25. The molecule has 1 unspecified atom stereocenters. The van der Waals surface area contributed by atoms with Gasteiger partial charge in [-0.25, -0.2) is 0 Å². The summed E-state index contributed by atoms with van der Waals surface area (Å²) in [7, 11) is 0. The van der Waals surface area contributed by atoms with Crippen LogP contribution in [-0.2, 0) is 0 Å². The second-order valence-corrected chi connectivity index (χ2v) is 4.83. The number of hydrogen-bond donors (Lipinski definition) is 1. The van der Waals surface area contributed by atoms with Crippen molar-refractivity contribution in [2.75, 3.05) is 0 Å². The van der Waals surface area contributed by atoms with E-state index in [-0.39, 0.29) is 10.1 Å². The molecule has 0 fully saturated rings. The smallest absolute Gasteiger partial charge is 0.288 e. The molecule has 2 N–H and O–H groups in total. The Balaban J connectivity index is 3.27. The Morgan fingerprint density at radius 1 is 1.50 bits per heavy atom. The Kier molecular flexibility index (Phi) is 3.33. The lowest BCUT2D eigenvalue weighted by Crippen LogP contribution is -2.41. The lowest BCUT2D eigenvalue weighted by atomic mass is 10.1. The summed E-state index contributed by atoms with van der Waals surface area (Å²) in [6, 6.07) is -0.969. The largest absolute Gasteiger partial charge is 0.320 e. The molecule has 78 valence electrons. The summed E-state index contributed by atoms with van der Waals surface area (Å²) in [5, 5.41) is 10.2. The van der Waals surface area contributed by atoms with Crippen LogP contribution in [0, 0.1) is 10.1 Å². The summed E-state index contributed by atoms with van der Waals surface area (Å²) in [5.74, 6) is 0. The SMILES string of the molecule is NC1C(Cl)=C(Cl)C([N+](=O)[O-])=CC1(Cl)Cl. The van der Waals surface area contributed by atoms with E-state index in [1.807, 2.05) is 0 Å². The Hall–Kier alpha value is -0.000000000000000111. The zero-order valence-corrected chi connectivity index (χ0v) is 9.53. The van der Waals surface area contributed by atoms with Crippen LogP contribution < -0.4 is 5.73 Å². The molecular formula is C6H4Cl4N2O2. The highest BCUT2D eigenvalue weighted by Gasteiger charge is 2.42. The van der Waals surface area contributed by atoms with E-state index < -0.39 is 21.0 Å². The highest BCUT2D eigenvalue weighted by atomic mass is 35.5. The van der Waals surface area contributed by atoms with Crippen molar-refractivity contribution in [2.45, 2.75) is 10.4 Å². The zero-order valence-electron chi connectivity index (χ0n) is 6.51. The summed E-state index contributed by atoms with van der Waals surface area (Å²) in [4.78, 5) is 9.78. The van der Waals surface area contributed by atoms with Crippen LogP contribution in [0.2, 0.25) is 0 Å². The molecule has 0 saturated carbocycles.